The molecule has 0 aromatic carbocycles. The first-order valence-electron chi connectivity index (χ1n) is 4.41. The molecule has 4 nitrogen and oxygen atoms in total. The van der Waals surface area contributed by atoms with Crippen LogP contribution in [0.4, 0.5) is 5.95 Å². The Balaban J connectivity index is 2.50. The van der Waals surface area contributed by atoms with E-state index in [4.69, 9.17) is 23.2 Å². The van der Waals surface area contributed by atoms with Crippen LogP contribution in [0.25, 0.3) is 0 Å². The zero-order valence-corrected chi connectivity index (χ0v) is 10.8. The average molecular weight is 267 g/mol. The van der Waals surface area contributed by atoms with Gasteiger partial charge in [0.15, 0.2) is 0 Å². The number of nitrogens with zero attached hydrogens (tertiary/aromatic N) is 3. The summed E-state index contributed by atoms with van der Waals surface area (Å²) in [5.41, 5.74) is 0. The van der Waals surface area contributed by atoms with Gasteiger partial charge in [-0.25, -0.2) is 0 Å². The summed E-state index contributed by atoms with van der Waals surface area (Å²) < 4.78 is 0. The lowest BCUT2D eigenvalue weighted by Crippen LogP contribution is -2.15. The van der Waals surface area contributed by atoms with E-state index >= 15 is 0 Å². The van der Waals surface area contributed by atoms with Crippen LogP contribution in [0.3, 0.4) is 0 Å². The molecule has 0 bridgehead atoms. The highest BCUT2D eigenvalue weighted by atomic mass is 35.5. The van der Waals surface area contributed by atoms with Crippen LogP contribution in [0.1, 0.15) is 6.92 Å². The van der Waals surface area contributed by atoms with Gasteiger partial charge in [-0.1, -0.05) is 6.92 Å². The van der Waals surface area contributed by atoms with Crippen molar-refractivity contribution in [2.45, 2.75) is 6.92 Å². The molecule has 1 aromatic rings. The fourth-order valence-electron chi connectivity index (χ4n) is 1.01. The SMILES string of the molecule is CSCC(C)CNc1nc(Cl)nc(Cl)n1. The summed E-state index contributed by atoms with van der Waals surface area (Å²) in [5, 5.41) is 3.28. The van der Waals surface area contributed by atoms with E-state index in [0.29, 0.717) is 11.9 Å². The maximum absolute atomic E-state index is 5.64. The molecular weight excluding hydrogens is 255 g/mol. The van der Waals surface area contributed by atoms with Crippen molar-refractivity contribution in [1.82, 2.24) is 15.0 Å². The molecule has 0 fully saturated rings. The van der Waals surface area contributed by atoms with Crippen LogP contribution < -0.4 is 5.32 Å². The molecule has 1 N–H and O–H groups in total. The van der Waals surface area contributed by atoms with E-state index in [0.717, 1.165) is 12.3 Å². The fraction of sp³-hybridized carbons (Fsp3) is 0.625. The minimum absolute atomic E-state index is 0.106. The van der Waals surface area contributed by atoms with Crippen LogP contribution in [0.5, 0.6) is 0 Å². The predicted molar refractivity (Wildman–Crippen MR) is 65.9 cm³/mol. The molecule has 0 amide bonds. The highest BCUT2D eigenvalue weighted by Crippen LogP contribution is 2.11. The Hall–Kier alpha value is -0.260. The second-order valence-corrected chi connectivity index (χ2v) is 4.73. The molecule has 1 aromatic heterocycles. The van der Waals surface area contributed by atoms with Gasteiger partial charge in [0.25, 0.3) is 0 Å². The van der Waals surface area contributed by atoms with Crippen molar-refractivity contribution in [1.29, 1.82) is 0 Å². The minimum atomic E-state index is 0.106. The van der Waals surface area contributed by atoms with Gasteiger partial charge in [-0.2, -0.15) is 26.7 Å². The zero-order chi connectivity index (χ0) is 11.3. The van der Waals surface area contributed by atoms with Gasteiger partial charge >= 0.3 is 0 Å². The highest BCUT2D eigenvalue weighted by Gasteiger charge is 2.05. The van der Waals surface area contributed by atoms with Gasteiger partial charge < -0.3 is 5.32 Å². The number of aromatic nitrogens is 3. The maximum atomic E-state index is 5.64. The second-order valence-electron chi connectivity index (χ2n) is 3.14. The minimum Gasteiger partial charge on any atom is -0.354 e. The summed E-state index contributed by atoms with van der Waals surface area (Å²) >= 11 is 13.1. The first-order chi connectivity index (χ1) is 7.11. The topological polar surface area (TPSA) is 50.7 Å². The van der Waals surface area contributed by atoms with E-state index in [1.807, 2.05) is 0 Å². The van der Waals surface area contributed by atoms with E-state index in [-0.39, 0.29) is 10.6 Å². The molecule has 0 radical (unpaired) electrons. The lowest BCUT2D eigenvalue weighted by molar-refractivity contribution is 0.696. The Labute approximate surface area is 103 Å². The Morgan fingerprint density at radius 2 is 1.87 bits per heavy atom. The molecule has 0 saturated carbocycles. The van der Waals surface area contributed by atoms with Crippen molar-refractivity contribution in [3.05, 3.63) is 10.6 Å². The first kappa shape index (κ1) is 12.8. The summed E-state index contributed by atoms with van der Waals surface area (Å²) in [5.74, 6) is 2.04. The molecule has 0 saturated heterocycles. The van der Waals surface area contributed by atoms with Crippen LogP contribution in [0.15, 0.2) is 0 Å². The number of rotatable bonds is 5. The third-order valence-electron chi connectivity index (χ3n) is 1.64. The molecule has 0 aliphatic heterocycles. The van der Waals surface area contributed by atoms with Crippen molar-refractivity contribution in [2.24, 2.45) is 5.92 Å². The molecule has 0 spiro atoms. The summed E-state index contributed by atoms with van der Waals surface area (Å²) in [6, 6.07) is 0. The lowest BCUT2D eigenvalue weighted by Gasteiger charge is -2.10. The molecule has 0 aliphatic carbocycles. The summed E-state index contributed by atoms with van der Waals surface area (Å²) in [6.07, 6.45) is 2.08. The van der Waals surface area contributed by atoms with Crippen molar-refractivity contribution in [2.75, 3.05) is 23.9 Å². The van der Waals surface area contributed by atoms with Crippen molar-refractivity contribution in [3.8, 4) is 0 Å². The van der Waals surface area contributed by atoms with Crippen molar-refractivity contribution < 1.29 is 0 Å². The van der Waals surface area contributed by atoms with Gasteiger partial charge in [-0.05, 0) is 41.1 Å². The largest absolute Gasteiger partial charge is 0.354 e. The molecule has 0 aliphatic rings. The van der Waals surface area contributed by atoms with E-state index in [1.165, 1.54) is 0 Å². The van der Waals surface area contributed by atoms with Crippen molar-refractivity contribution in [3.63, 3.8) is 0 Å². The van der Waals surface area contributed by atoms with Crippen LogP contribution in [-0.4, -0.2) is 33.5 Å². The smallest absolute Gasteiger partial charge is 0.228 e. The number of hydrogen-bond acceptors (Lipinski definition) is 5. The van der Waals surface area contributed by atoms with Gasteiger partial charge in [0.1, 0.15) is 0 Å². The van der Waals surface area contributed by atoms with Gasteiger partial charge in [0.2, 0.25) is 16.5 Å². The van der Waals surface area contributed by atoms with E-state index in [9.17, 15) is 0 Å². The molecule has 1 heterocycles. The van der Waals surface area contributed by atoms with Crippen LogP contribution >= 0.6 is 35.0 Å². The quantitative estimate of drug-likeness (QED) is 0.888. The van der Waals surface area contributed by atoms with Gasteiger partial charge in [0, 0.05) is 6.54 Å². The zero-order valence-electron chi connectivity index (χ0n) is 8.50. The number of thioether (sulfide) groups is 1. The summed E-state index contributed by atoms with van der Waals surface area (Å²) in [4.78, 5) is 11.5. The van der Waals surface area contributed by atoms with Gasteiger partial charge in [0.05, 0.1) is 0 Å². The van der Waals surface area contributed by atoms with Crippen LogP contribution in [-0.2, 0) is 0 Å². The number of nitrogens with one attached hydrogen (secondary N) is 1. The van der Waals surface area contributed by atoms with Gasteiger partial charge in [-0.3, -0.25) is 0 Å². The van der Waals surface area contributed by atoms with Gasteiger partial charge in [-0.15, -0.1) is 0 Å². The number of anilines is 1. The normalized spacial score (nSPS) is 12.5. The number of halogens is 2. The predicted octanol–water partition coefficient (Wildman–Crippen LogP) is 2.59. The van der Waals surface area contributed by atoms with E-state index in [1.54, 1.807) is 11.8 Å². The Morgan fingerprint density at radius 1 is 1.27 bits per heavy atom. The summed E-state index contributed by atoms with van der Waals surface area (Å²) in [6.45, 7) is 2.94. The van der Waals surface area contributed by atoms with E-state index < -0.39 is 0 Å². The summed E-state index contributed by atoms with van der Waals surface area (Å²) in [7, 11) is 0. The molecule has 7 heteroatoms. The maximum Gasteiger partial charge on any atom is 0.228 e. The van der Waals surface area contributed by atoms with E-state index in [2.05, 4.69) is 33.4 Å². The third-order valence-corrected chi connectivity index (χ3v) is 2.88. The molecule has 15 heavy (non-hydrogen) atoms. The molecule has 1 rings (SSSR count). The standard InChI is InChI=1S/C8H12Cl2N4S/c1-5(4-15-2)3-11-8-13-6(9)12-7(10)14-8/h5H,3-4H2,1-2H3,(H,11,12,13,14). The fourth-order valence-corrected chi connectivity index (χ4v) is 2.06. The molecule has 1 atom stereocenters. The first-order valence-corrected chi connectivity index (χ1v) is 6.56. The second kappa shape index (κ2) is 6.35. The van der Waals surface area contributed by atoms with Crippen LogP contribution in [0, 0.1) is 5.92 Å². The average Bonchev–Trinajstić information content (AvgIpc) is 2.14. The lowest BCUT2D eigenvalue weighted by atomic mass is 10.2. The molecule has 84 valence electrons. The number of hydrogen-bond donors (Lipinski definition) is 1. The Bertz CT molecular complexity index is 303. The van der Waals surface area contributed by atoms with Crippen LogP contribution in [0.2, 0.25) is 10.6 Å². The van der Waals surface area contributed by atoms with Crippen molar-refractivity contribution >= 4 is 40.9 Å². The monoisotopic (exact) mass is 266 g/mol. The molecular formula is C8H12Cl2N4S. The third kappa shape index (κ3) is 4.86. The molecule has 1 unspecified atom stereocenters. The highest BCUT2D eigenvalue weighted by molar-refractivity contribution is 7.98. The Kier molecular flexibility index (Phi) is 5.42. The Morgan fingerprint density at radius 3 is 2.40 bits per heavy atom.